The van der Waals surface area contributed by atoms with Crippen molar-refractivity contribution in [2.45, 2.75) is 89.8 Å². The Morgan fingerprint density at radius 1 is 1.00 bits per heavy atom. The Balaban J connectivity index is 1.97. The first kappa shape index (κ1) is 14.3. The van der Waals surface area contributed by atoms with Crippen molar-refractivity contribution in [3.8, 4) is 0 Å². The summed E-state index contributed by atoms with van der Waals surface area (Å²) in [7, 11) is 0. The molecule has 0 aromatic carbocycles. The van der Waals surface area contributed by atoms with Crippen molar-refractivity contribution in [3.05, 3.63) is 0 Å². The molecule has 2 aliphatic carbocycles. The smallest absolute Gasteiger partial charge is 0.0124 e. The lowest BCUT2D eigenvalue weighted by atomic mass is 9.82. The van der Waals surface area contributed by atoms with Gasteiger partial charge in [0.1, 0.15) is 0 Å². The number of rotatable bonds is 4. The summed E-state index contributed by atoms with van der Waals surface area (Å²) in [5, 5.41) is 0. The maximum Gasteiger partial charge on any atom is 0.0124 e. The lowest BCUT2D eigenvalue weighted by Gasteiger charge is -2.45. The van der Waals surface area contributed by atoms with Crippen LogP contribution in [0.15, 0.2) is 0 Å². The van der Waals surface area contributed by atoms with Crippen molar-refractivity contribution in [2.24, 2.45) is 11.7 Å². The van der Waals surface area contributed by atoms with Crippen LogP contribution in [-0.4, -0.2) is 29.6 Å². The molecule has 2 heteroatoms. The summed E-state index contributed by atoms with van der Waals surface area (Å²) in [4.78, 5) is 2.87. The third-order valence-corrected chi connectivity index (χ3v) is 5.18. The normalized spacial score (nSPS) is 38.0. The van der Waals surface area contributed by atoms with Gasteiger partial charge in [0.25, 0.3) is 0 Å². The second kappa shape index (κ2) is 6.91. The van der Waals surface area contributed by atoms with Crippen LogP contribution in [-0.2, 0) is 0 Å². The molecule has 0 bridgehead atoms. The van der Waals surface area contributed by atoms with Crippen LogP contribution in [0.25, 0.3) is 0 Å². The summed E-state index contributed by atoms with van der Waals surface area (Å²) < 4.78 is 0. The molecule has 2 atom stereocenters. The highest BCUT2D eigenvalue weighted by Gasteiger charge is 2.32. The van der Waals surface area contributed by atoms with E-state index in [1.165, 1.54) is 64.3 Å². The van der Waals surface area contributed by atoms with Gasteiger partial charge in [-0.3, -0.25) is 4.90 Å². The second-order valence-electron chi connectivity index (χ2n) is 6.64. The van der Waals surface area contributed by atoms with E-state index in [-0.39, 0.29) is 0 Å². The molecule has 0 saturated heterocycles. The Morgan fingerprint density at radius 2 is 1.67 bits per heavy atom. The molecule has 0 heterocycles. The fraction of sp³-hybridized carbons (Fsp3) is 1.00. The molecule has 106 valence electrons. The van der Waals surface area contributed by atoms with Crippen LogP contribution in [0.2, 0.25) is 0 Å². The van der Waals surface area contributed by atoms with Crippen molar-refractivity contribution in [2.75, 3.05) is 6.54 Å². The molecule has 0 radical (unpaired) electrons. The van der Waals surface area contributed by atoms with E-state index in [4.69, 9.17) is 5.73 Å². The largest absolute Gasteiger partial charge is 0.328 e. The predicted molar refractivity (Wildman–Crippen MR) is 78.6 cm³/mol. The zero-order chi connectivity index (χ0) is 13.0. The van der Waals surface area contributed by atoms with Crippen LogP contribution in [0, 0.1) is 5.92 Å². The van der Waals surface area contributed by atoms with Gasteiger partial charge in [-0.1, -0.05) is 26.7 Å². The molecule has 0 spiro atoms. The lowest BCUT2D eigenvalue weighted by molar-refractivity contribution is 0.0492. The van der Waals surface area contributed by atoms with Crippen LogP contribution >= 0.6 is 0 Å². The van der Waals surface area contributed by atoms with Gasteiger partial charge >= 0.3 is 0 Å². The van der Waals surface area contributed by atoms with Crippen LogP contribution in [0.5, 0.6) is 0 Å². The molecule has 0 aliphatic heterocycles. The average Bonchev–Trinajstić information content (AvgIpc) is 2.38. The molecule has 2 N–H and O–H groups in total. The molecular formula is C16H32N2. The fourth-order valence-electron chi connectivity index (χ4n) is 4.10. The Kier molecular flexibility index (Phi) is 5.50. The van der Waals surface area contributed by atoms with Crippen LogP contribution in [0.3, 0.4) is 0 Å². The van der Waals surface area contributed by atoms with E-state index < -0.39 is 0 Å². The standard InChI is InChI=1S/C16H32N2/c1-3-12-18(15-10-8-14(17)9-11-15)16-7-5-4-6-13(16)2/h13-16H,3-12,17H2,1-2H3. The summed E-state index contributed by atoms with van der Waals surface area (Å²) in [5.41, 5.74) is 6.06. The molecule has 0 aromatic heterocycles. The Bertz CT molecular complexity index is 233. The maximum absolute atomic E-state index is 6.06. The third kappa shape index (κ3) is 3.48. The Hall–Kier alpha value is -0.0800. The van der Waals surface area contributed by atoms with Crippen LogP contribution < -0.4 is 5.73 Å². The molecule has 2 saturated carbocycles. The molecule has 0 aromatic rings. The fourth-order valence-corrected chi connectivity index (χ4v) is 4.10. The minimum Gasteiger partial charge on any atom is -0.328 e. The van der Waals surface area contributed by atoms with Crippen molar-refractivity contribution in [3.63, 3.8) is 0 Å². The minimum absolute atomic E-state index is 0.480. The SMILES string of the molecule is CCCN(C1CCC(N)CC1)C1CCCCC1C. The van der Waals surface area contributed by atoms with E-state index in [0.717, 1.165) is 18.0 Å². The third-order valence-electron chi connectivity index (χ3n) is 5.18. The molecule has 2 unspecified atom stereocenters. The van der Waals surface area contributed by atoms with Crippen molar-refractivity contribution < 1.29 is 0 Å². The van der Waals surface area contributed by atoms with Gasteiger partial charge in [-0.05, 0) is 57.4 Å². The zero-order valence-electron chi connectivity index (χ0n) is 12.4. The Labute approximate surface area is 113 Å². The van der Waals surface area contributed by atoms with Gasteiger partial charge in [-0.25, -0.2) is 0 Å². The number of hydrogen-bond donors (Lipinski definition) is 1. The first-order chi connectivity index (χ1) is 8.72. The number of hydrogen-bond acceptors (Lipinski definition) is 2. The summed E-state index contributed by atoms with van der Waals surface area (Å²) in [6.07, 6.45) is 12.2. The Morgan fingerprint density at radius 3 is 2.28 bits per heavy atom. The highest BCUT2D eigenvalue weighted by Crippen LogP contribution is 2.33. The van der Waals surface area contributed by atoms with E-state index in [1.54, 1.807) is 0 Å². The highest BCUT2D eigenvalue weighted by molar-refractivity contribution is 4.88. The summed E-state index contributed by atoms with van der Waals surface area (Å²) >= 11 is 0. The van der Waals surface area contributed by atoms with Gasteiger partial charge in [-0.2, -0.15) is 0 Å². The van der Waals surface area contributed by atoms with Gasteiger partial charge in [0.05, 0.1) is 0 Å². The second-order valence-corrected chi connectivity index (χ2v) is 6.64. The molecule has 0 amide bonds. The maximum atomic E-state index is 6.06. The van der Waals surface area contributed by atoms with Crippen LogP contribution in [0.4, 0.5) is 0 Å². The first-order valence-corrected chi connectivity index (χ1v) is 8.23. The first-order valence-electron chi connectivity index (χ1n) is 8.23. The summed E-state index contributed by atoms with van der Waals surface area (Å²) in [5.74, 6) is 0.904. The van der Waals surface area contributed by atoms with E-state index >= 15 is 0 Å². The van der Waals surface area contributed by atoms with Gasteiger partial charge < -0.3 is 5.73 Å². The van der Waals surface area contributed by atoms with Crippen molar-refractivity contribution in [1.82, 2.24) is 4.90 Å². The number of nitrogens with zero attached hydrogens (tertiary/aromatic N) is 1. The number of nitrogens with two attached hydrogens (primary N) is 1. The summed E-state index contributed by atoms with van der Waals surface area (Å²) in [6, 6.07) is 2.17. The van der Waals surface area contributed by atoms with E-state index in [1.807, 2.05) is 0 Å². The van der Waals surface area contributed by atoms with Crippen molar-refractivity contribution >= 4 is 0 Å². The average molecular weight is 252 g/mol. The minimum atomic E-state index is 0.480. The summed E-state index contributed by atoms with van der Waals surface area (Å²) in [6.45, 7) is 6.10. The lowest BCUT2D eigenvalue weighted by Crippen LogP contribution is -2.50. The van der Waals surface area contributed by atoms with E-state index in [0.29, 0.717) is 6.04 Å². The topological polar surface area (TPSA) is 29.3 Å². The predicted octanol–water partition coefficient (Wildman–Crippen LogP) is 3.55. The highest BCUT2D eigenvalue weighted by atomic mass is 15.2. The van der Waals surface area contributed by atoms with Gasteiger partial charge in [0.15, 0.2) is 0 Å². The molecule has 2 nitrogen and oxygen atoms in total. The molecule has 2 rings (SSSR count). The molecular weight excluding hydrogens is 220 g/mol. The van der Waals surface area contributed by atoms with Gasteiger partial charge in [0, 0.05) is 18.1 Å². The molecule has 18 heavy (non-hydrogen) atoms. The quantitative estimate of drug-likeness (QED) is 0.829. The molecule has 2 aliphatic rings. The molecule has 2 fully saturated rings. The van der Waals surface area contributed by atoms with Gasteiger partial charge in [0.2, 0.25) is 0 Å². The van der Waals surface area contributed by atoms with E-state index in [2.05, 4.69) is 18.7 Å². The van der Waals surface area contributed by atoms with Gasteiger partial charge in [-0.15, -0.1) is 0 Å². The monoisotopic (exact) mass is 252 g/mol. The van der Waals surface area contributed by atoms with Crippen LogP contribution in [0.1, 0.15) is 71.6 Å². The van der Waals surface area contributed by atoms with Crippen molar-refractivity contribution in [1.29, 1.82) is 0 Å². The zero-order valence-corrected chi connectivity index (χ0v) is 12.4. The van der Waals surface area contributed by atoms with E-state index in [9.17, 15) is 0 Å².